The normalized spacial score (nSPS) is 13.4. The van der Waals surface area contributed by atoms with E-state index in [1.807, 2.05) is 6.07 Å². The molecular formula is C53H33NO2. The predicted octanol–water partition coefficient (Wildman–Crippen LogP) is 14.2. The zero-order valence-corrected chi connectivity index (χ0v) is 30.3. The van der Waals surface area contributed by atoms with Gasteiger partial charge in [-0.1, -0.05) is 158 Å². The van der Waals surface area contributed by atoms with Crippen LogP contribution in [0.2, 0.25) is 0 Å². The standard InChI is InChI=1S/C53H33NO2/c1-2-16-35(17-3-1)38-19-9-13-26-47(38)54(37-30-29-34-15-4-5-18-36(34)31-37)48-27-14-28-49-52(48)56-50-32-42-41-22-8-12-25-45(41)53(46(42)33-51(50)55-49)43-23-10-6-20-39(43)40-21-7-11-24-44(40)53/h1-33H. The number of hydrogen-bond donors (Lipinski definition) is 0. The van der Waals surface area contributed by atoms with Crippen molar-refractivity contribution in [2.75, 3.05) is 4.90 Å². The Balaban J connectivity index is 1.06. The number of rotatable bonds is 4. The Morgan fingerprint density at radius 1 is 0.339 bits per heavy atom. The summed E-state index contributed by atoms with van der Waals surface area (Å²) in [4.78, 5) is 2.31. The van der Waals surface area contributed by atoms with Crippen molar-refractivity contribution in [3.05, 3.63) is 222 Å². The molecule has 0 unspecified atom stereocenters. The van der Waals surface area contributed by atoms with Crippen LogP contribution in [0.15, 0.2) is 200 Å². The number of para-hydroxylation sites is 2. The van der Waals surface area contributed by atoms with Gasteiger partial charge in [-0.15, -0.1) is 0 Å². The lowest BCUT2D eigenvalue weighted by Crippen LogP contribution is -2.25. The fourth-order valence-corrected chi connectivity index (χ4v) is 9.60. The summed E-state index contributed by atoms with van der Waals surface area (Å²) in [6, 6.07) is 71.6. The quantitative estimate of drug-likeness (QED) is 0.181. The Kier molecular flexibility index (Phi) is 6.55. The average molecular weight is 716 g/mol. The van der Waals surface area contributed by atoms with Crippen molar-refractivity contribution in [3.63, 3.8) is 0 Å². The first-order chi connectivity index (χ1) is 27.8. The number of anilines is 3. The van der Waals surface area contributed by atoms with Gasteiger partial charge in [0.2, 0.25) is 0 Å². The van der Waals surface area contributed by atoms with E-state index >= 15 is 0 Å². The molecule has 0 aromatic heterocycles. The smallest absolute Gasteiger partial charge is 0.194 e. The fourth-order valence-electron chi connectivity index (χ4n) is 9.60. The molecule has 3 aliphatic rings. The summed E-state index contributed by atoms with van der Waals surface area (Å²) in [7, 11) is 0. The summed E-state index contributed by atoms with van der Waals surface area (Å²) in [5, 5.41) is 2.35. The zero-order valence-electron chi connectivity index (χ0n) is 30.3. The molecule has 0 atom stereocenters. The van der Waals surface area contributed by atoms with Crippen molar-refractivity contribution < 1.29 is 9.47 Å². The van der Waals surface area contributed by atoms with Crippen molar-refractivity contribution in [3.8, 4) is 56.4 Å². The summed E-state index contributed by atoms with van der Waals surface area (Å²) in [6.07, 6.45) is 0. The molecular weight excluding hydrogens is 683 g/mol. The molecule has 12 rings (SSSR count). The highest BCUT2D eigenvalue weighted by Crippen LogP contribution is 2.65. The van der Waals surface area contributed by atoms with Gasteiger partial charge >= 0.3 is 0 Å². The number of hydrogen-bond acceptors (Lipinski definition) is 3. The first kappa shape index (κ1) is 31.0. The van der Waals surface area contributed by atoms with Crippen molar-refractivity contribution in [1.29, 1.82) is 0 Å². The minimum absolute atomic E-state index is 0.465. The Morgan fingerprint density at radius 2 is 0.911 bits per heavy atom. The molecule has 9 aromatic carbocycles. The van der Waals surface area contributed by atoms with E-state index in [4.69, 9.17) is 9.47 Å². The van der Waals surface area contributed by atoms with E-state index in [-0.39, 0.29) is 0 Å². The van der Waals surface area contributed by atoms with E-state index in [2.05, 4.69) is 199 Å². The van der Waals surface area contributed by atoms with Gasteiger partial charge in [0, 0.05) is 11.3 Å². The van der Waals surface area contributed by atoms with Crippen molar-refractivity contribution in [2.45, 2.75) is 5.41 Å². The van der Waals surface area contributed by atoms with Crippen LogP contribution in [-0.2, 0) is 5.41 Å². The van der Waals surface area contributed by atoms with Gasteiger partial charge < -0.3 is 14.4 Å². The van der Waals surface area contributed by atoms with Crippen molar-refractivity contribution >= 4 is 27.8 Å². The maximum absolute atomic E-state index is 7.13. The van der Waals surface area contributed by atoms with E-state index in [0.29, 0.717) is 23.0 Å². The molecule has 56 heavy (non-hydrogen) atoms. The molecule has 0 amide bonds. The minimum Gasteiger partial charge on any atom is -0.449 e. The Morgan fingerprint density at radius 3 is 1.64 bits per heavy atom. The van der Waals surface area contributed by atoms with E-state index < -0.39 is 5.41 Å². The SMILES string of the molecule is c1ccc(-c2ccccc2N(c2ccc3ccccc3c2)c2cccc3c2Oc2cc4c(cc2O3)C2(c3ccccc3-c3ccccc32)c2ccccc2-4)cc1. The highest BCUT2D eigenvalue weighted by atomic mass is 16.6. The second kappa shape index (κ2) is 11.8. The molecule has 0 saturated heterocycles. The zero-order chi connectivity index (χ0) is 36.8. The van der Waals surface area contributed by atoms with E-state index in [1.165, 1.54) is 44.3 Å². The third-order valence-electron chi connectivity index (χ3n) is 11.9. The Hall–Kier alpha value is -7.36. The molecule has 262 valence electrons. The number of ether oxygens (including phenoxy) is 2. The lowest BCUT2D eigenvalue weighted by molar-refractivity contribution is 0.360. The lowest BCUT2D eigenvalue weighted by Gasteiger charge is -2.33. The van der Waals surface area contributed by atoms with E-state index in [1.54, 1.807) is 0 Å². The summed E-state index contributed by atoms with van der Waals surface area (Å²) in [5.74, 6) is 2.76. The van der Waals surface area contributed by atoms with Crippen molar-refractivity contribution in [2.24, 2.45) is 0 Å². The number of benzene rings is 9. The Labute approximate surface area is 325 Å². The van der Waals surface area contributed by atoms with Crippen LogP contribution in [0.5, 0.6) is 23.0 Å². The fraction of sp³-hybridized carbons (Fsp3) is 0.0189. The molecule has 3 nitrogen and oxygen atoms in total. The van der Waals surface area contributed by atoms with Crippen LogP contribution in [0.3, 0.4) is 0 Å². The molecule has 0 saturated carbocycles. The lowest BCUT2D eigenvalue weighted by atomic mass is 9.70. The molecule has 0 bridgehead atoms. The summed E-state index contributed by atoms with van der Waals surface area (Å²) >= 11 is 0. The van der Waals surface area contributed by atoms with Gasteiger partial charge in [0.1, 0.15) is 0 Å². The number of fused-ring (bicyclic) bond motifs is 13. The molecule has 1 heterocycles. The van der Waals surface area contributed by atoms with E-state index in [9.17, 15) is 0 Å². The largest absolute Gasteiger partial charge is 0.449 e. The second-order valence-corrected chi connectivity index (χ2v) is 14.8. The van der Waals surface area contributed by atoms with Crippen LogP contribution in [0.4, 0.5) is 17.1 Å². The molecule has 1 spiro atoms. The van der Waals surface area contributed by atoms with Gasteiger partial charge in [0.15, 0.2) is 23.0 Å². The maximum Gasteiger partial charge on any atom is 0.194 e. The van der Waals surface area contributed by atoms with Gasteiger partial charge in [-0.3, -0.25) is 0 Å². The van der Waals surface area contributed by atoms with Crippen LogP contribution in [0.25, 0.3) is 44.2 Å². The highest BCUT2D eigenvalue weighted by Gasteiger charge is 2.52. The molecule has 2 aliphatic carbocycles. The molecule has 0 N–H and O–H groups in total. The monoisotopic (exact) mass is 715 g/mol. The summed E-state index contributed by atoms with van der Waals surface area (Å²) < 4.78 is 14.1. The van der Waals surface area contributed by atoms with Crippen LogP contribution in [0.1, 0.15) is 22.3 Å². The second-order valence-electron chi connectivity index (χ2n) is 14.8. The molecule has 0 radical (unpaired) electrons. The summed E-state index contributed by atoms with van der Waals surface area (Å²) in [6.45, 7) is 0. The number of nitrogens with zero attached hydrogens (tertiary/aromatic N) is 1. The first-order valence-corrected chi connectivity index (χ1v) is 19.2. The van der Waals surface area contributed by atoms with Crippen LogP contribution >= 0.6 is 0 Å². The van der Waals surface area contributed by atoms with Crippen LogP contribution < -0.4 is 14.4 Å². The van der Waals surface area contributed by atoms with Gasteiger partial charge in [-0.2, -0.15) is 0 Å². The van der Waals surface area contributed by atoms with Crippen LogP contribution in [-0.4, -0.2) is 0 Å². The van der Waals surface area contributed by atoms with Crippen LogP contribution in [0, 0.1) is 0 Å². The highest BCUT2D eigenvalue weighted by molar-refractivity contribution is 5.97. The van der Waals surface area contributed by atoms with Gasteiger partial charge in [-0.05, 0) is 103 Å². The topological polar surface area (TPSA) is 21.7 Å². The Bertz CT molecular complexity index is 3010. The van der Waals surface area contributed by atoms with Crippen molar-refractivity contribution in [1.82, 2.24) is 0 Å². The third kappa shape index (κ3) is 4.28. The summed E-state index contributed by atoms with van der Waals surface area (Å²) in [5.41, 5.74) is 14.8. The predicted molar refractivity (Wildman–Crippen MR) is 227 cm³/mol. The molecule has 9 aromatic rings. The van der Waals surface area contributed by atoms with Gasteiger partial charge in [0.05, 0.1) is 16.8 Å². The van der Waals surface area contributed by atoms with E-state index in [0.717, 1.165) is 39.1 Å². The molecule has 3 heteroatoms. The average Bonchev–Trinajstić information content (AvgIpc) is 3.72. The minimum atomic E-state index is -0.465. The first-order valence-electron chi connectivity index (χ1n) is 19.2. The molecule has 0 fully saturated rings. The van der Waals surface area contributed by atoms with Gasteiger partial charge in [-0.25, -0.2) is 0 Å². The maximum atomic E-state index is 7.13. The third-order valence-corrected chi connectivity index (χ3v) is 11.9. The van der Waals surface area contributed by atoms with Gasteiger partial charge in [0.25, 0.3) is 0 Å². The molecule has 1 aliphatic heterocycles.